The average molecular weight is 395 g/mol. The highest BCUT2D eigenvalue weighted by Gasteiger charge is 2.14. The van der Waals surface area contributed by atoms with E-state index in [1.54, 1.807) is 23.1 Å². The van der Waals surface area contributed by atoms with Gasteiger partial charge in [-0.1, -0.05) is 39.0 Å². The van der Waals surface area contributed by atoms with Crippen molar-refractivity contribution >= 4 is 29.0 Å². The predicted molar refractivity (Wildman–Crippen MR) is 110 cm³/mol. The van der Waals surface area contributed by atoms with Crippen molar-refractivity contribution in [3.8, 4) is 0 Å². The molecule has 1 N–H and O–H groups in total. The number of thiophene rings is 1. The van der Waals surface area contributed by atoms with Gasteiger partial charge in [-0.15, -0.1) is 21.5 Å². The molecule has 0 saturated heterocycles. The molecule has 0 saturated carbocycles. The topological polar surface area (TPSA) is 59.8 Å². The first-order valence-corrected chi connectivity index (χ1v) is 11.3. The summed E-state index contributed by atoms with van der Waals surface area (Å²) >= 11 is 3.22. The van der Waals surface area contributed by atoms with E-state index in [0.29, 0.717) is 12.5 Å². The number of thioether (sulfide) groups is 1. The first-order valence-electron chi connectivity index (χ1n) is 9.29. The van der Waals surface area contributed by atoms with Crippen LogP contribution in [0.5, 0.6) is 0 Å². The van der Waals surface area contributed by atoms with E-state index < -0.39 is 0 Å². The molecule has 5 nitrogen and oxygen atoms in total. The van der Waals surface area contributed by atoms with Crippen molar-refractivity contribution in [3.05, 3.63) is 27.2 Å². The highest BCUT2D eigenvalue weighted by atomic mass is 32.2. The second-order valence-electron chi connectivity index (χ2n) is 6.91. The fourth-order valence-corrected chi connectivity index (χ4v) is 4.40. The van der Waals surface area contributed by atoms with Gasteiger partial charge in [0.2, 0.25) is 0 Å². The summed E-state index contributed by atoms with van der Waals surface area (Å²) in [6.07, 6.45) is 5.86. The van der Waals surface area contributed by atoms with E-state index in [1.165, 1.54) is 10.4 Å². The highest BCUT2D eigenvalue weighted by Crippen LogP contribution is 2.22. The van der Waals surface area contributed by atoms with Crippen molar-refractivity contribution in [1.82, 2.24) is 20.1 Å². The lowest BCUT2D eigenvalue weighted by atomic mass is 10.1. The molecule has 0 unspecified atom stereocenters. The molecule has 0 fully saturated rings. The van der Waals surface area contributed by atoms with Gasteiger partial charge in [-0.05, 0) is 43.6 Å². The van der Waals surface area contributed by atoms with Crippen LogP contribution in [0, 0.1) is 12.8 Å². The number of hydrogen-bond acceptors (Lipinski definition) is 5. The predicted octanol–water partition coefficient (Wildman–Crippen LogP) is 4.34. The third-order valence-corrected chi connectivity index (χ3v) is 5.91. The average Bonchev–Trinajstić information content (AvgIpc) is 3.15. The van der Waals surface area contributed by atoms with Crippen LogP contribution in [0.2, 0.25) is 0 Å². The van der Waals surface area contributed by atoms with E-state index >= 15 is 0 Å². The molecule has 0 aliphatic heterocycles. The van der Waals surface area contributed by atoms with Gasteiger partial charge in [-0.3, -0.25) is 4.79 Å². The minimum absolute atomic E-state index is 0.0360. The van der Waals surface area contributed by atoms with Crippen LogP contribution < -0.4 is 5.32 Å². The Bertz CT molecular complexity index is 721. The molecule has 2 rings (SSSR count). The highest BCUT2D eigenvalue weighted by molar-refractivity contribution is 7.98. The summed E-state index contributed by atoms with van der Waals surface area (Å²) in [6, 6.07) is 2.04. The van der Waals surface area contributed by atoms with Crippen molar-refractivity contribution in [2.24, 2.45) is 5.92 Å². The van der Waals surface area contributed by atoms with E-state index in [9.17, 15) is 4.79 Å². The maximum Gasteiger partial charge on any atom is 0.261 e. The second kappa shape index (κ2) is 10.1. The van der Waals surface area contributed by atoms with Crippen LogP contribution in [0.25, 0.3) is 0 Å². The Morgan fingerprint density at radius 3 is 2.77 bits per heavy atom. The molecule has 0 aromatic carbocycles. The smallest absolute Gasteiger partial charge is 0.261 e. The number of aromatic nitrogens is 3. The Labute approximate surface area is 165 Å². The summed E-state index contributed by atoms with van der Waals surface area (Å²) in [7, 11) is 0. The molecule has 0 bridgehead atoms. The molecule has 0 spiro atoms. The SMILES string of the molecule is CCCc1cc(C(=O)NCCCc2nnc(SC)n2CC(C)C)sc1C. The third kappa shape index (κ3) is 5.58. The Hall–Kier alpha value is -1.34. The van der Waals surface area contributed by atoms with Gasteiger partial charge < -0.3 is 9.88 Å². The van der Waals surface area contributed by atoms with Crippen LogP contribution in [0.1, 0.15) is 59.5 Å². The van der Waals surface area contributed by atoms with Crippen LogP contribution >= 0.6 is 23.1 Å². The minimum atomic E-state index is 0.0360. The van der Waals surface area contributed by atoms with Crippen LogP contribution in [-0.4, -0.2) is 33.5 Å². The molecule has 0 atom stereocenters. The van der Waals surface area contributed by atoms with E-state index in [4.69, 9.17) is 0 Å². The molecule has 2 heterocycles. The van der Waals surface area contributed by atoms with Crippen LogP contribution in [0.3, 0.4) is 0 Å². The summed E-state index contributed by atoms with van der Waals surface area (Å²) in [6.45, 7) is 10.2. The van der Waals surface area contributed by atoms with Gasteiger partial charge in [-0.25, -0.2) is 0 Å². The molecule has 144 valence electrons. The number of amides is 1. The van der Waals surface area contributed by atoms with Crippen LogP contribution in [0.15, 0.2) is 11.2 Å². The third-order valence-electron chi connectivity index (χ3n) is 4.15. The van der Waals surface area contributed by atoms with E-state index in [0.717, 1.165) is 48.1 Å². The lowest BCUT2D eigenvalue weighted by Crippen LogP contribution is -2.24. The normalized spacial score (nSPS) is 11.3. The Morgan fingerprint density at radius 2 is 2.12 bits per heavy atom. The number of rotatable bonds is 10. The molecule has 0 aliphatic carbocycles. The minimum Gasteiger partial charge on any atom is -0.351 e. The van der Waals surface area contributed by atoms with E-state index in [1.807, 2.05) is 12.3 Å². The zero-order chi connectivity index (χ0) is 19.1. The molecule has 2 aromatic heterocycles. The summed E-state index contributed by atoms with van der Waals surface area (Å²) in [5.41, 5.74) is 1.30. The lowest BCUT2D eigenvalue weighted by molar-refractivity contribution is 0.0957. The Morgan fingerprint density at radius 1 is 1.35 bits per heavy atom. The zero-order valence-electron chi connectivity index (χ0n) is 16.5. The van der Waals surface area contributed by atoms with Gasteiger partial charge in [0.1, 0.15) is 5.82 Å². The van der Waals surface area contributed by atoms with Crippen molar-refractivity contribution < 1.29 is 4.79 Å². The maximum absolute atomic E-state index is 12.4. The second-order valence-corrected chi connectivity index (χ2v) is 8.94. The molecule has 1 amide bonds. The van der Waals surface area contributed by atoms with Crippen LogP contribution in [-0.2, 0) is 19.4 Å². The lowest BCUT2D eigenvalue weighted by Gasteiger charge is -2.11. The number of carbonyl (C=O) groups is 1. The van der Waals surface area contributed by atoms with Crippen molar-refractivity contribution in [2.45, 2.75) is 65.1 Å². The van der Waals surface area contributed by atoms with Crippen molar-refractivity contribution in [3.63, 3.8) is 0 Å². The first-order chi connectivity index (χ1) is 12.5. The van der Waals surface area contributed by atoms with Gasteiger partial charge >= 0.3 is 0 Å². The van der Waals surface area contributed by atoms with E-state index in [-0.39, 0.29) is 5.91 Å². The molecule has 2 aromatic rings. The Kier molecular flexibility index (Phi) is 8.15. The molecule has 0 aliphatic rings. The molecule has 7 heteroatoms. The standard InChI is InChI=1S/C19H30N4OS2/c1-6-8-15-11-16(26-14(15)4)18(24)20-10-7-9-17-21-22-19(25-5)23(17)12-13(2)3/h11,13H,6-10,12H2,1-5H3,(H,20,24). The van der Waals surface area contributed by atoms with E-state index in [2.05, 4.69) is 47.8 Å². The summed E-state index contributed by atoms with van der Waals surface area (Å²) in [4.78, 5) is 14.4. The molecule has 0 radical (unpaired) electrons. The summed E-state index contributed by atoms with van der Waals surface area (Å²) < 4.78 is 2.21. The van der Waals surface area contributed by atoms with Crippen molar-refractivity contribution in [1.29, 1.82) is 0 Å². The number of nitrogens with one attached hydrogen (secondary N) is 1. The van der Waals surface area contributed by atoms with Crippen molar-refractivity contribution in [2.75, 3.05) is 12.8 Å². The van der Waals surface area contributed by atoms with Gasteiger partial charge in [0, 0.05) is 24.4 Å². The number of aryl methyl sites for hydroxylation is 3. The number of hydrogen-bond donors (Lipinski definition) is 1. The van der Waals surface area contributed by atoms with Gasteiger partial charge in [0.25, 0.3) is 5.91 Å². The fraction of sp³-hybridized carbons (Fsp3) is 0.632. The summed E-state index contributed by atoms with van der Waals surface area (Å²) in [5.74, 6) is 1.60. The number of nitrogens with zero attached hydrogens (tertiary/aromatic N) is 3. The van der Waals surface area contributed by atoms with Gasteiger partial charge in [0.05, 0.1) is 4.88 Å². The zero-order valence-corrected chi connectivity index (χ0v) is 18.1. The number of carbonyl (C=O) groups excluding carboxylic acids is 1. The molecular formula is C19H30N4OS2. The summed E-state index contributed by atoms with van der Waals surface area (Å²) in [5, 5.41) is 12.6. The van der Waals surface area contributed by atoms with Crippen LogP contribution in [0.4, 0.5) is 0 Å². The largest absolute Gasteiger partial charge is 0.351 e. The van der Waals surface area contributed by atoms with Gasteiger partial charge in [-0.2, -0.15) is 0 Å². The van der Waals surface area contributed by atoms with Gasteiger partial charge in [0.15, 0.2) is 5.16 Å². The monoisotopic (exact) mass is 394 g/mol. The Balaban J connectivity index is 1.86. The fourth-order valence-electron chi connectivity index (χ4n) is 2.89. The molecular weight excluding hydrogens is 364 g/mol. The quantitative estimate of drug-likeness (QED) is 0.481. The maximum atomic E-state index is 12.4. The first kappa shape index (κ1) is 21.0. The molecule has 26 heavy (non-hydrogen) atoms.